The fourth-order valence-corrected chi connectivity index (χ4v) is 4.15. The fourth-order valence-electron chi connectivity index (χ4n) is 2.87. The average molecular weight is 477 g/mol. The maximum atomic E-state index is 13.1. The number of hydrogen-bond donors (Lipinski definition) is 2. The van der Waals surface area contributed by atoms with E-state index in [-0.39, 0.29) is 33.8 Å². The topological polar surface area (TPSA) is 84.5 Å². The Hall–Kier alpha value is -3.10. The number of halogens is 2. The Bertz CT molecular complexity index is 1210. The minimum Gasteiger partial charge on any atom is -0.491 e. The lowest BCUT2D eigenvalue weighted by Gasteiger charge is -2.15. The number of nitrogens with one attached hydrogen (secondary N) is 2. The third-order valence-corrected chi connectivity index (χ3v) is 6.07. The van der Waals surface area contributed by atoms with Crippen molar-refractivity contribution in [3.05, 3.63) is 88.7 Å². The van der Waals surface area contributed by atoms with Crippen LogP contribution in [-0.4, -0.2) is 20.4 Å². The molecule has 6 nitrogen and oxygen atoms in total. The molecule has 3 aromatic rings. The average Bonchev–Trinajstić information content (AvgIpc) is 2.74. The van der Waals surface area contributed by atoms with Crippen LogP contribution in [0.5, 0.6) is 5.75 Å². The Morgan fingerprint density at radius 1 is 1.06 bits per heavy atom. The lowest BCUT2D eigenvalue weighted by molar-refractivity contribution is 0.0950. The molecule has 0 aliphatic heterocycles. The zero-order chi connectivity index (χ0) is 23.3. The summed E-state index contributed by atoms with van der Waals surface area (Å²) in [6.07, 6.45) is -0.0307. The van der Waals surface area contributed by atoms with Gasteiger partial charge in [-0.05, 0) is 62.4 Å². The van der Waals surface area contributed by atoms with E-state index in [0.29, 0.717) is 5.75 Å². The lowest BCUT2D eigenvalue weighted by atomic mass is 10.1. The first kappa shape index (κ1) is 23.6. The predicted octanol–water partition coefficient (Wildman–Crippen LogP) is 5.00. The van der Waals surface area contributed by atoms with E-state index in [9.17, 15) is 17.6 Å². The molecule has 0 aliphatic carbocycles. The van der Waals surface area contributed by atoms with Gasteiger partial charge in [0.1, 0.15) is 11.6 Å². The van der Waals surface area contributed by atoms with E-state index < -0.39 is 21.7 Å². The van der Waals surface area contributed by atoms with Gasteiger partial charge >= 0.3 is 0 Å². The summed E-state index contributed by atoms with van der Waals surface area (Å²) in [5.74, 6) is -0.374. The summed E-state index contributed by atoms with van der Waals surface area (Å²) in [6, 6.07) is 16.0. The summed E-state index contributed by atoms with van der Waals surface area (Å²) in [7, 11) is -4.02. The molecule has 0 bridgehead atoms. The van der Waals surface area contributed by atoms with Gasteiger partial charge in [-0.2, -0.15) is 0 Å². The third kappa shape index (κ3) is 5.99. The van der Waals surface area contributed by atoms with Crippen LogP contribution >= 0.6 is 11.6 Å². The van der Waals surface area contributed by atoms with E-state index in [1.807, 2.05) is 38.1 Å². The first-order valence-electron chi connectivity index (χ1n) is 9.76. The molecule has 32 heavy (non-hydrogen) atoms. The highest BCUT2D eigenvalue weighted by Gasteiger charge is 2.19. The van der Waals surface area contributed by atoms with E-state index in [2.05, 4.69) is 10.0 Å². The van der Waals surface area contributed by atoms with Gasteiger partial charge < -0.3 is 10.1 Å². The Balaban J connectivity index is 1.78. The molecule has 0 saturated heterocycles. The first-order chi connectivity index (χ1) is 15.2. The molecule has 0 aliphatic rings. The van der Waals surface area contributed by atoms with Crippen molar-refractivity contribution in [3.8, 4) is 5.75 Å². The summed E-state index contributed by atoms with van der Waals surface area (Å²) in [5.41, 5.74) is 0.970. The summed E-state index contributed by atoms with van der Waals surface area (Å²) < 4.78 is 46.6. The van der Waals surface area contributed by atoms with Gasteiger partial charge in [-0.15, -0.1) is 0 Å². The Morgan fingerprint density at radius 3 is 2.44 bits per heavy atom. The second-order valence-electron chi connectivity index (χ2n) is 7.21. The van der Waals surface area contributed by atoms with Crippen LogP contribution in [0.2, 0.25) is 5.02 Å². The van der Waals surface area contributed by atoms with Crippen LogP contribution in [0.1, 0.15) is 29.8 Å². The van der Waals surface area contributed by atoms with E-state index >= 15 is 0 Å². The number of para-hydroxylation sites is 1. The molecule has 0 saturated carbocycles. The maximum Gasteiger partial charge on any atom is 0.261 e. The molecule has 0 atom stereocenters. The maximum absolute atomic E-state index is 13.1. The van der Waals surface area contributed by atoms with Crippen molar-refractivity contribution in [1.29, 1.82) is 0 Å². The molecular formula is C23H22ClFN2O4S. The highest BCUT2D eigenvalue weighted by atomic mass is 35.5. The molecule has 168 valence electrons. The number of benzene rings is 3. The number of sulfonamides is 1. The number of anilines is 1. The number of hydrogen-bond acceptors (Lipinski definition) is 4. The van der Waals surface area contributed by atoms with E-state index in [0.717, 1.165) is 17.7 Å². The molecule has 0 aromatic heterocycles. The first-order valence-corrected chi connectivity index (χ1v) is 11.6. The van der Waals surface area contributed by atoms with Gasteiger partial charge in [-0.3, -0.25) is 9.52 Å². The van der Waals surface area contributed by atoms with Crippen LogP contribution in [0, 0.1) is 5.82 Å². The second-order valence-corrected chi connectivity index (χ2v) is 9.30. The molecule has 0 unspecified atom stereocenters. The zero-order valence-corrected chi connectivity index (χ0v) is 19.0. The molecule has 0 spiro atoms. The monoisotopic (exact) mass is 476 g/mol. The molecule has 0 heterocycles. The summed E-state index contributed by atoms with van der Waals surface area (Å²) in [5, 5.41) is 2.85. The van der Waals surface area contributed by atoms with Crippen molar-refractivity contribution in [3.63, 3.8) is 0 Å². The van der Waals surface area contributed by atoms with Gasteiger partial charge in [0.2, 0.25) is 0 Å². The number of rotatable bonds is 8. The minimum atomic E-state index is -4.02. The van der Waals surface area contributed by atoms with Crippen molar-refractivity contribution in [2.75, 3.05) is 4.72 Å². The van der Waals surface area contributed by atoms with E-state index in [4.69, 9.17) is 16.3 Å². The van der Waals surface area contributed by atoms with E-state index in [1.165, 1.54) is 30.3 Å². The standard InChI is InChI=1S/C23H22ClFN2O4S/c1-15(2)31-22-6-4-3-5-16(22)14-26-23(28)20-13-19(11-12-21(20)24)32(29,30)27-18-9-7-17(25)8-10-18/h3-13,15,27H,14H2,1-2H3,(H,26,28). The molecular weight excluding hydrogens is 455 g/mol. The van der Waals surface area contributed by atoms with Gasteiger partial charge in [0.05, 0.1) is 21.6 Å². The number of carbonyl (C=O) groups is 1. The van der Waals surface area contributed by atoms with Crippen LogP contribution in [0.15, 0.2) is 71.6 Å². The Morgan fingerprint density at radius 2 is 1.75 bits per heavy atom. The van der Waals surface area contributed by atoms with Crippen LogP contribution in [0.4, 0.5) is 10.1 Å². The summed E-state index contributed by atoms with van der Waals surface area (Å²) in [6.45, 7) is 3.98. The van der Waals surface area contributed by atoms with Crippen LogP contribution < -0.4 is 14.8 Å². The van der Waals surface area contributed by atoms with Crippen LogP contribution in [0.25, 0.3) is 0 Å². The van der Waals surface area contributed by atoms with Gasteiger partial charge in [0.15, 0.2) is 0 Å². The van der Waals surface area contributed by atoms with Crippen molar-refractivity contribution in [1.82, 2.24) is 5.32 Å². The zero-order valence-electron chi connectivity index (χ0n) is 17.4. The Labute approximate surface area is 191 Å². The molecule has 0 radical (unpaired) electrons. The van der Waals surface area contributed by atoms with Crippen molar-refractivity contribution in [2.45, 2.75) is 31.4 Å². The van der Waals surface area contributed by atoms with Crippen molar-refractivity contribution in [2.24, 2.45) is 0 Å². The normalized spacial score (nSPS) is 11.3. The number of ether oxygens (including phenoxy) is 1. The lowest BCUT2D eigenvalue weighted by Crippen LogP contribution is -2.24. The molecule has 0 fully saturated rings. The van der Waals surface area contributed by atoms with Gasteiger partial charge in [-0.25, -0.2) is 12.8 Å². The largest absolute Gasteiger partial charge is 0.491 e. The van der Waals surface area contributed by atoms with Crippen molar-refractivity contribution >= 4 is 33.2 Å². The van der Waals surface area contributed by atoms with Gasteiger partial charge in [-0.1, -0.05) is 29.8 Å². The second kappa shape index (κ2) is 10.0. The van der Waals surface area contributed by atoms with Gasteiger partial charge in [0.25, 0.3) is 15.9 Å². The minimum absolute atomic E-state index is 0.0101. The van der Waals surface area contributed by atoms with Gasteiger partial charge in [0, 0.05) is 17.8 Å². The number of carbonyl (C=O) groups excluding carboxylic acids is 1. The molecule has 3 rings (SSSR count). The van der Waals surface area contributed by atoms with Crippen molar-refractivity contribution < 1.29 is 22.3 Å². The quantitative estimate of drug-likeness (QED) is 0.479. The fraction of sp³-hybridized carbons (Fsp3) is 0.174. The molecule has 9 heteroatoms. The highest BCUT2D eigenvalue weighted by molar-refractivity contribution is 7.92. The summed E-state index contributed by atoms with van der Waals surface area (Å²) in [4.78, 5) is 12.6. The molecule has 1 amide bonds. The van der Waals surface area contributed by atoms with E-state index in [1.54, 1.807) is 0 Å². The Kier molecular flexibility index (Phi) is 7.37. The predicted molar refractivity (Wildman–Crippen MR) is 122 cm³/mol. The highest BCUT2D eigenvalue weighted by Crippen LogP contribution is 2.24. The van der Waals surface area contributed by atoms with Crippen LogP contribution in [-0.2, 0) is 16.6 Å². The SMILES string of the molecule is CC(C)Oc1ccccc1CNC(=O)c1cc(S(=O)(=O)Nc2ccc(F)cc2)ccc1Cl. The number of amides is 1. The van der Waals surface area contributed by atoms with Crippen LogP contribution in [0.3, 0.4) is 0 Å². The molecule has 2 N–H and O–H groups in total. The summed E-state index contributed by atoms with van der Waals surface area (Å²) >= 11 is 6.16. The molecule has 3 aromatic carbocycles. The third-order valence-electron chi connectivity index (χ3n) is 4.36. The smallest absolute Gasteiger partial charge is 0.261 e.